The van der Waals surface area contributed by atoms with Crippen LogP contribution in [0.3, 0.4) is 0 Å². The maximum Gasteiger partial charge on any atom is 0.0575 e. The molecule has 0 saturated heterocycles. The molecule has 1 aliphatic carbocycles. The van der Waals surface area contributed by atoms with Gasteiger partial charge in [-0.1, -0.05) is 20.8 Å². The summed E-state index contributed by atoms with van der Waals surface area (Å²) in [5, 5.41) is 0. The predicted molar refractivity (Wildman–Crippen MR) is 69.4 cm³/mol. The first-order chi connectivity index (χ1) is 7.53. The summed E-state index contributed by atoms with van der Waals surface area (Å²) in [6.07, 6.45) is 8.08. The lowest BCUT2D eigenvalue weighted by Crippen LogP contribution is -2.25. The molecule has 0 unspecified atom stereocenters. The van der Waals surface area contributed by atoms with Gasteiger partial charge in [-0.3, -0.25) is 0 Å². The third-order valence-corrected chi connectivity index (χ3v) is 3.87. The molecule has 16 heavy (non-hydrogen) atoms. The molecule has 0 spiro atoms. The maximum absolute atomic E-state index is 5.93. The lowest BCUT2D eigenvalue weighted by molar-refractivity contribution is 0.0150. The minimum Gasteiger partial charge on any atom is -0.378 e. The van der Waals surface area contributed by atoms with E-state index in [9.17, 15) is 0 Å². The standard InChI is InChI=1S/C14H29NO/c1-12-5-7-13(8-6-12)16-10-4-9-14(2,3)11-15/h12-13H,4-11,15H2,1-3H3. The highest BCUT2D eigenvalue weighted by Crippen LogP contribution is 2.26. The summed E-state index contributed by atoms with van der Waals surface area (Å²) < 4.78 is 5.93. The number of ether oxygens (including phenoxy) is 1. The summed E-state index contributed by atoms with van der Waals surface area (Å²) in [6.45, 7) is 8.50. The summed E-state index contributed by atoms with van der Waals surface area (Å²) in [7, 11) is 0. The van der Waals surface area contributed by atoms with Crippen molar-refractivity contribution in [2.45, 2.75) is 65.4 Å². The molecular weight excluding hydrogens is 198 g/mol. The maximum atomic E-state index is 5.93. The first-order valence-electron chi connectivity index (χ1n) is 6.85. The largest absolute Gasteiger partial charge is 0.378 e. The Morgan fingerprint density at radius 1 is 1.19 bits per heavy atom. The van der Waals surface area contributed by atoms with Crippen LogP contribution in [0.5, 0.6) is 0 Å². The third-order valence-electron chi connectivity index (χ3n) is 3.87. The molecule has 1 aliphatic rings. The summed E-state index contributed by atoms with van der Waals surface area (Å²) in [4.78, 5) is 0. The van der Waals surface area contributed by atoms with Crippen LogP contribution in [0.15, 0.2) is 0 Å². The highest BCUT2D eigenvalue weighted by molar-refractivity contribution is 4.71. The molecule has 1 fully saturated rings. The second-order valence-corrected chi connectivity index (χ2v) is 6.22. The molecule has 2 heteroatoms. The van der Waals surface area contributed by atoms with E-state index in [2.05, 4.69) is 20.8 Å². The van der Waals surface area contributed by atoms with Gasteiger partial charge in [-0.15, -0.1) is 0 Å². The lowest BCUT2D eigenvalue weighted by atomic mass is 9.88. The Balaban J connectivity index is 2.03. The van der Waals surface area contributed by atoms with Crippen molar-refractivity contribution in [2.75, 3.05) is 13.2 Å². The van der Waals surface area contributed by atoms with Crippen LogP contribution in [-0.2, 0) is 4.74 Å². The third kappa shape index (κ3) is 5.31. The average molecular weight is 227 g/mol. The molecule has 0 radical (unpaired) electrons. The van der Waals surface area contributed by atoms with Crippen molar-refractivity contribution in [1.29, 1.82) is 0 Å². The van der Waals surface area contributed by atoms with Crippen LogP contribution in [0.2, 0.25) is 0 Å². The van der Waals surface area contributed by atoms with Crippen molar-refractivity contribution in [3.63, 3.8) is 0 Å². The van der Waals surface area contributed by atoms with E-state index in [1.54, 1.807) is 0 Å². The van der Waals surface area contributed by atoms with E-state index in [4.69, 9.17) is 10.5 Å². The zero-order valence-electron chi connectivity index (χ0n) is 11.3. The SMILES string of the molecule is CC1CCC(OCCCC(C)(C)CN)CC1. The number of rotatable bonds is 6. The zero-order chi connectivity index (χ0) is 12.0. The van der Waals surface area contributed by atoms with Crippen molar-refractivity contribution >= 4 is 0 Å². The van der Waals surface area contributed by atoms with Gasteiger partial charge in [0.1, 0.15) is 0 Å². The van der Waals surface area contributed by atoms with Gasteiger partial charge < -0.3 is 10.5 Å². The first-order valence-corrected chi connectivity index (χ1v) is 6.85. The second kappa shape index (κ2) is 6.61. The molecule has 1 saturated carbocycles. The van der Waals surface area contributed by atoms with Crippen LogP contribution in [0.1, 0.15) is 59.3 Å². The number of hydrogen-bond donors (Lipinski definition) is 1. The van der Waals surface area contributed by atoms with Gasteiger partial charge in [-0.2, -0.15) is 0 Å². The van der Waals surface area contributed by atoms with Crippen molar-refractivity contribution < 1.29 is 4.74 Å². The molecule has 2 N–H and O–H groups in total. The fraction of sp³-hybridized carbons (Fsp3) is 1.00. The van der Waals surface area contributed by atoms with Crippen LogP contribution < -0.4 is 5.73 Å². The zero-order valence-corrected chi connectivity index (χ0v) is 11.3. The van der Waals surface area contributed by atoms with Crippen molar-refractivity contribution in [2.24, 2.45) is 17.1 Å². The minimum atomic E-state index is 0.282. The van der Waals surface area contributed by atoms with E-state index in [0.717, 1.165) is 25.5 Å². The van der Waals surface area contributed by atoms with E-state index >= 15 is 0 Å². The summed E-state index contributed by atoms with van der Waals surface area (Å²) in [6, 6.07) is 0. The normalized spacial score (nSPS) is 27.0. The van der Waals surface area contributed by atoms with Crippen LogP contribution in [0.4, 0.5) is 0 Å². The van der Waals surface area contributed by atoms with Gasteiger partial charge in [0.25, 0.3) is 0 Å². The molecule has 0 heterocycles. The Hall–Kier alpha value is -0.0800. The predicted octanol–water partition coefficient (Wildman–Crippen LogP) is 3.35. The molecular formula is C14H29NO. The van der Waals surface area contributed by atoms with Crippen LogP contribution in [0.25, 0.3) is 0 Å². The van der Waals surface area contributed by atoms with Gasteiger partial charge >= 0.3 is 0 Å². The molecule has 0 aromatic heterocycles. The van der Waals surface area contributed by atoms with E-state index in [1.165, 1.54) is 32.1 Å². The van der Waals surface area contributed by atoms with Gasteiger partial charge in [0.05, 0.1) is 6.10 Å². The van der Waals surface area contributed by atoms with Gasteiger partial charge in [0.15, 0.2) is 0 Å². The fourth-order valence-electron chi connectivity index (χ4n) is 2.30. The molecule has 0 amide bonds. The summed E-state index contributed by atoms with van der Waals surface area (Å²) in [5.41, 5.74) is 5.99. The van der Waals surface area contributed by atoms with Gasteiger partial charge in [0, 0.05) is 6.61 Å². The van der Waals surface area contributed by atoms with Crippen LogP contribution in [-0.4, -0.2) is 19.3 Å². The molecule has 96 valence electrons. The molecule has 0 aliphatic heterocycles. The summed E-state index contributed by atoms with van der Waals surface area (Å²) in [5.74, 6) is 0.913. The Labute approximate surface area is 101 Å². The van der Waals surface area contributed by atoms with E-state index < -0.39 is 0 Å². The Morgan fingerprint density at radius 3 is 2.38 bits per heavy atom. The van der Waals surface area contributed by atoms with Gasteiger partial charge in [-0.05, 0) is 56.4 Å². The Morgan fingerprint density at radius 2 is 1.81 bits per heavy atom. The van der Waals surface area contributed by atoms with Crippen LogP contribution >= 0.6 is 0 Å². The Bertz CT molecular complexity index is 183. The van der Waals surface area contributed by atoms with Crippen molar-refractivity contribution in [1.82, 2.24) is 0 Å². The molecule has 1 rings (SSSR count). The Kier molecular flexibility index (Phi) is 5.77. The monoisotopic (exact) mass is 227 g/mol. The van der Waals surface area contributed by atoms with Gasteiger partial charge in [0.2, 0.25) is 0 Å². The van der Waals surface area contributed by atoms with Crippen molar-refractivity contribution in [3.05, 3.63) is 0 Å². The minimum absolute atomic E-state index is 0.282. The fourth-order valence-corrected chi connectivity index (χ4v) is 2.30. The van der Waals surface area contributed by atoms with E-state index in [1.807, 2.05) is 0 Å². The molecule has 0 aromatic carbocycles. The smallest absolute Gasteiger partial charge is 0.0575 e. The average Bonchev–Trinajstić information content (AvgIpc) is 2.27. The number of hydrogen-bond acceptors (Lipinski definition) is 2. The second-order valence-electron chi connectivity index (χ2n) is 6.22. The lowest BCUT2D eigenvalue weighted by Gasteiger charge is -2.27. The molecule has 0 atom stereocenters. The molecule has 0 aromatic rings. The van der Waals surface area contributed by atoms with E-state index in [-0.39, 0.29) is 5.41 Å². The first kappa shape index (κ1) is 14.0. The van der Waals surface area contributed by atoms with Crippen molar-refractivity contribution in [3.8, 4) is 0 Å². The van der Waals surface area contributed by atoms with Gasteiger partial charge in [-0.25, -0.2) is 0 Å². The van der Waals surface area contributed by atoms with Crippen LogP contribution in [0, 0.1) is 11.3 Å². The highest BCUT2D eigenvalue weighted by Gasteiger charge is 2.19. The molecule has 0 bridgehead atoms. The quantitative estimate of drug-likeness (QED) is 0.706. The topological polar surface area (TPSA) is 35.2 Å². The number of nitrogens with two attached hydrogens (primary N) is 1. The molecule has 2 nitrogen and oxygen atoms in total. The highest BCUT2D eigenvalue weighted by atomic mass is 16.5. The van der Waals surface area contributed by atoms with E-state index in [0.29, 0.717) is 6.10 Å². The summed E-state index contributed by atoms with van der Waals surface area (Å²) >= 11 is 0.